The Balaban J connectivity index is 1.58. The molecule has 3 rings (SSSR count). The number of aryl methyl sites for hydroxylation is 2. The first kappa shape index (κ1) is 16.2. The molecule has 0 radical (unpaired) electrons. The summed E-state index contributed by atoms with van der Waals surface area (Å²) in [4.78, 5) is 12.0. The Morgan fingerprint density at radius 2 is 2.00 bits per heavy atom. The van der Waals surface area contributed by atoms with Gasteiger partial charge in [0.1, 0.15) is 0 Å². The smallest absolute Gasteiger partial charge is 0.247 e. The predicted octanol–water partition coefficient (Wildman–Crippen LogP) is 4.27. The molecule has 1 heterocycles. The molecule has 0 aliphatic carbocycles. The van der Waals surface area contributed by atoms with Crippen LogP contribution in [0.2, 0.25) is 5.02 Å². The predicted molar refractivity (Wildman–Crippen MR) is 92.9 cm³/mol. The zero-order valence-corrected chi connectivity index (χ0v) is 13.9. The van der Waals surface area contributed by atoms with E-state index in [2.05, 4.69) is 15.5 Å². The summed E-state index contributed by atoms with van der Waals surface area (Å²) < 4.78 is 5.62. The summed E-state index contributed by atoms with van der Waals surface area (Å²) in [7, 11) is 0. The molecule has 0 unspecified atom stereocenters. The van der Waals surface area contributed by atoms with Crippen molar-refractivity contribution in [2.45, 2.75) is 19.8 Å². The maximum atomic E-state index is 12.0. The topological polar surface area (TPSA) is 68.0 Å². The minimum absolute atomic E-state index is 0.132. The van der Waals surface area contributed by atoms with Crippen LogP contribution in [0.4, 0.5) is 5.69 Å². The molecule has 1 amide bonds. The van der Waals surface area contributed by atoms with E-state index in [0.29, 0.717) is 28.9 Å². The molecule has 0 saturated carbocycles. The van der Waals surface area contributed by atoms with Crippen LogP contribution in [-0.4, -0.2) is 16.1 Å². The minimum atomic E-state index is -0.132. The van der Waals surface area contributed by atoms with Gasteiger partial charge in [0.25, 0.3) is 0 Å². The number of benzene rings is 2. The standard InChI is InChI=1S/C18H16ClN3O2/c1-12-4-2-5-13(10-12)18-22-21-17(24-18)9-8-16(23)20-15-7-3-6-14(19)11-15/h2-7,10-11H,8-9H2,1H3,(H,20,23). The third-order valence-corrected chi connectivity index (χ3v) is 3.64. The number of nitrogens with zero attached hydrogens (tertiary/aromatic N) is 2. The van der Waals surface area contributed by atoms with E-state index in [1.165, 1.54) is 0 Å². The summed E-state index contributed by atoms with van der Waals surface area (Å²) in [5.74, 6) is 0.768. The fourth-order valence-electron chi connectivity index (χ4n) is 2.26. The van der Waals surface area contributed by atoms with E-state index in [0.717, 1.165) is 11.1 Å². The van der Waals surface area contributed by atoms with Crippen molar-refractivity contribution in [3.63, 3.8) is 0 Å². The Morgan fingerprint density at radius 1 is 1.17 bits per heavy atom. The van der Waals surface area contributed by atoms with Gasteiger partial charge in [-0.15, -0.1) is 10.2 Å². The van der Waals surface area contributed by atoms with Gasteiger partial charge in [-0.3, -0.25) is 4.79 Å². The number of amides is 1. The Bertz CT molecular complexity index is 861. The molecule has 0 spiro atoms. The third-order valence-electron chi connectivity index (χ3n) is 3.41. The molecular formula is C18H16ClN3O2. The molecular weight excluding hydrogens is 326 g/mol. The van der Waals surface area contributed by atoms with Crippen molar-refractivity contribution in [1.29, 1.82) is 0 Å². The van der Waals surface area contributed by atoms with Gasteiger partial charge in [0.15, 0.2) is 0 Å². The second kappa shape index (κ2) is 7.27. The second-order valence-corrected chi connectivity index (χ2v) is 5.87. The van der Waals surface area contributed by atoms with E-state index in [1.807, 2.05) is 31.2 Å². The lowest BCUT2D eigenvalue weighted by Crippen LogP contribution is -2.12. The van der Waals surface area contributed by atoms with Gasteiger partial charge < -0.3 is 9.73 Å². The Hall–Kier alpha value is -2.66. The van der Waals surface area contributed by atoms with Crippen LogP contribution in [0.25, 0.3) is 11.5 Å². The first-order valence-electron chi connectivity index (χ1n) is 7.55. The highest BCUT2D eigenvalue weighted by atomic mass is 35.5. The molecule has 3 aromatic rings. The molecule has 1 aromatic heterocycles. The Labute approximate surface area is 144 Å². The number of halogens is 1. The van der Waals surface area contributed by atoms with Crippen molar-refractivity contribution < 1.29 is 9.21 Å². The highest BCUT2D eigenvalue weighted by Gasteiger charge is 2.11. The maximum Gasteiger partial charge on any atom is 0.247 e. The fourth-order valence-corrected chi connectivity index (χ4v) is 2.45. The summed E-state index contributed by atoms with van der Waals surface area (Å²) in [5, 5.41) is 11.4. The molecule has 0 saturated heterocycles. The first-order valence-corrected chi connectivity index (χ1v) is 7.93. The van der Waals surface area contributed by atoms with E-state index in [4.69, 9.17) is 16.0 Å². The zero-order chi connectivity index (χ0) is 16.9. The van der Waals surface area contributed by atoms with Crippen LogP contribution in [0, 0.1) is 6.92 Å². The number of carbonyl (C=O) groups is 1. The van der Waals surface area contributed by atoms with Crippen LogP contribution in [0.5, 0.6) is 0 Å². The largest absolute Gasteiger partial charge is 0.421 e. The van der Waals surface area contributed by atoms with E-state index in [9.17, 15) is 4.79 Å². The van der Waals surface area contributed by atoms with Crippen molar-refractivity contribution in [2.24, 2.45) is 0 Å². The monoisotopic (exact) mass is 341 g/mol. The highest BCUT2D eigenvalue weighted by Crippen LogP contribution is 2.19. The average molecular weight is 342 g/mol. The van der Waals surface area contributed by atoms with Gasteiger partial charge >= 0.3 is 0 Å². The van der Waals surface area contributed by atoms with Crippen molar-refractivity contribution in [2.75, 3.05) is 5.32 Å². The number of rotatable bonds is 5. The quantitative estimate of drug-likeness (QED) is 0.752. The second-order valence-electron chi connectivity index (χ2n) is 5.43. The highest BCUT2D eigenvalue weighted by molar-refractivity contribution is 6.30. The van der Waals surface area contributed by atoms with Crippen molar-refractivity contribution in [1.82, 2.24) is 10.2 Å². The first-order chi connectivity index (χ1) is 11.6. The SMILES string of the molecule is Cc1cccc(-c2nnc(CCC(=O)Nc3cccc(Cl)c3)o2)c1. The molecule has 6 heteroatoms. The van der Waals surface area contributed by atoms with Gasteiger partial charge in [0.2, 0.25) is 17.7 Å². The number of carbonyl (C=O) groups excluding carboxylic acids is 1. The van der Waals surface area contributed by atoms with Crippen LogP contribution in [-0.2, 0) is 11.2 Å². The van der Waals surface area contributed by atoms with Crippen molar-refractivity contribution >= 4 is 23.2 Å². The molecule has 2 aromatic carbocycles. The van der Waals surface area contributed by atoms with Crippen LogP contribution in [0.1, 0.15) is 17.9 Å². The van der Waals surface area contributed by atoms with E-state index in [1.54, 1.807) is 24.3 Å². The van der Waals surface area contributed by atoms with Gasteiger partial charge in [-0.05, 0) is 37.3 Å². The summed E-state index contributed by atoms with van der Waals surface area (Å²) in [6.45, 7) is 2.00. The lowest BCUT2D eigenvalue weighted by Gasteiger charge is -2.04. The summed E-state index contributed by atoms with van der Waals surface area (Å²) in [5.41, 5.74) is 2.66. The van der Waals surface area contributed by atoms with Crippen LogP contribution in [0.15, 0.2) is 52.9 Å². The number of hydrogen-bond acceptors (Lipinski definition) is 4. The van der Waals surface area contributed by atoms with Crippen molar-refractivity contribution in [3.05, 3.63) is 65.0 Å². The lowest BCUT2D eigenvalue weighted by molar-refractivity contribution is -0.116. The minimum Gasteiger partial charge on any atom is -0.421 e. The van der Waals surface area contributed by atoms with Gasteiger partial charge in [0.05, 0.1) is 0 Å². The molecule has 122 valence electrons. The van der Waals surface area contributed by atoms with Crippen LogP contribution >= 0.6 is 11.6 Å². The van der Waals surface area contributed by atoms with E-state index >= 15 is 0 Å². The molecule has 0 atom stereocenters. The van der Waals surface area contributed by atoms with E-state index in [-0.39, 0.29) is 12.3 Å². The summed E-state index contributed by atoms with van der Waals surface area (Å²) in [6, 6.07) is 14.8. The maximum absolute atomic E-state index is 12.0. The number of anilines is 1. The molecule has 1 N–H and O–H groups in total. The Morgan fingerprint density at radius 3 is 2.79 bits per heavy atom. The molecule has 0 bridgehead atoms. The van der Waals surface area contributed by atoms with Crippen LogP contribution < -0.4 is 5.32 Å². The van der Waals surface area contributed by atoms with Gasteiger partial charge in [-0.2, -0.15) is 0 Å². The van der Waals surface area contributed by atoms with Crippen LogP contribution in [0.3, 0.4) is 0 Å². The average Bonchev–Trinajstić information content (AvgIpc) is 3.02. The fraction of sp³-hybridized carbons (Fsp3) is 0.167. The summed E-state index contributed by atoms with van der Waals surface area (Å²) >= 11 is 5.89. The zero-order valence-electron chi connectivity index (χ0n) is 13.1. The number of hydrogen-bond donors (Lipinski definition) is 1. The van der Waals surface area contributed by atoms with E-state index < -0.39 is 0 Å². The normalized spacial score (nSPS) is 10.6. The van der Waals surface area contributed by atoms with Gasteiger partial charge in [-0.1, -0.05) is 35.4 Å². The Kier molecular flexibility index (Phi) is 4.91. The molecule has 0 aliphatic heterocycles. The van der Waals surface area contributed by atoms with Gasteiger partial charge in [-0.25, -0.2) is 0 Å². The number of aromatic nitrogens is 2. The van der Waals surface area contributed by atoms with Gasteiger partial charge in [0, 0.05) is 29.1 Å². The summed E-state index contributed by atoms with van der Waals surface area (Å²) in [6.07, 6.45) is 0.632. The molecule has 0 aliphatic rings. The molecule has 5 nitrogen and oxygen atoms in total. The lowest BCUT2D eigenvalue weighted by atomic mass is 10.1. The molecule has 24 heavy (non-hydrogen) atoms. The third kappa shape index (κ3) is 4.20. The van der Waals surface area contributed by atoms with Crippen molar-refractivity contribution in [3.8, 4) is 11.5 Å². The molecule has 0 fully saturated rings. The number of nitrogens with one attached hydrogen (secondary N) is 1.